The van der Waals surface area contributed by atoms with Gasteiger partial charge < -0.3 is 4.42 Å². The molecule has 1 aromatic carbocycles. The van der Waals surface area contributed by atoms with Crippen LogP contribution in [0.1, 0.15) is 5.69 Å². The molecule has 0 saturated carbocycles. The number of aromatic nitrogens is 2. The summed E-state index contributed by atoms with van der Waals surface area (Å²) in [6, 6.07) is 7.42. The third kappa shape index (κ3) is 2.59. The van der Waals surface area contributed by atoms with Crippen LogP contribution >= 0.6 is 11.6 Å². The highest BCUT2D eigenvalue weighted by Gasteiger charge is 2.35. The molecule has 0 fully saturated rings. The summed E-state index contributed by atoms with van der Waals surface area (Å²) < 4.78 is 58.0. The van der Waals surface area contributed by atoms with E-state index in [-0.39, 0.29) is 22.2 Å². The summed E-state index contributed by atoms with van der Waals surface area (Å²) in [5.41, 5.74) is -0.812. The number of benzene rings is 1. The molecule has 22 heavy (non-hydrogen) atoms. The Morgan fingerprint density at radius 3 is 2.50 bits per heavy atom. The third-order valence-corrected chi connectivity index (χ3v) is 3.21. The van der Waals surface area contributed by atoms with Gasteiger partial charge in [-0.05, 0) is 30.3 Å². The van der Waals surface area contributed by atoms with Crippen LogP contribution in [-0.4, -0.2) is 9.78 Å². The van der Waals surface area contributed by atoms with Crippen molar-refractivity contribution in [1.82, 2.24) is 9.78 Å². The summed E-state index contributed by atoms with van der Waals surface area (Å²) in [5, 5.41) is 3.31. The molecule has 3 rings (SSSR count). The van der Waals surface area contributed by atoms with Crippen molar-refractivity contribution >= 4 is 11.6 Å². The maximum atomic E-state index is 13.2. The zero-order valence-corrected chi connectivity index (χ0v) is 11.5. The molecular formula is C14H7ClF4N2O. The molecule has 0 aliphatic carbocycles. The molecule has 8 heteroatoms. The number of halogens is 5. The van der Waals surface area contributed by atoms with Crippen molar-refractivity contribution in [3.63, 3.8) is 0 Å². The standard InChI is InChI=1S/C14H7ClF4N2O/c15-9-6-8(3-4-10(9)16)21-11(12-2-1-5-22-12)7-13(20-21)14(17,18)19/h1-7H. The highest BCUT2D eigenvalue weighted by atomic mass is 35.5. The Balaban J connectivity index is 2.21. The molecule has 0 unspecified atom stereocenters. The first kappa shape index (κ1) is 14.6. The number of hydrogen-bond donors (Lipinski definition) is 0. The predicted molar refractivity (Wildman–Crippen MR) is 71.2 cm³/mol. The number of rotatable bonds is 2. The Bertz CT molecular complexity index is 809. The first-order valence-electron chi connectivity index (χ1n) is 6.03. The van der Waals surface area contributed by atoms with Crippen LogP contribution in [0.4, 0.5) is 17.6 Å². The predicted octanol–water partition coefficient (Wildman–Crippen LogP) is 4.94. The Kier molecular flexibility index (Phi) is 3.44. The third-order valence-electron chi connectivity index (χ3n) is 2.92. The maximum absolute atomic E-state index is 13.2. The Labute approximate surface area is 126 Å². The molecule has 0 amide bonds. The lowest BCUT2D eigenvalue weighted by atomic mass is 10.2. The van der Waals surface area contributed by atoms with Crippen LogP contribution in [0, 0.1) is 5.82 Å². The van der Waals surface area contributed by atoms with Crippen molar-refractivity contribution in [2.75, 3.05) is 0 Å². The second-order valence-corrected chi connectivity index (χ2v) is 4.81. The number of alkyl halides is 3. The molecule has 0 bridgehead atoms. The van der Waals surface area contributed by atoms with E-state index in [4.69, 9.17) is 16.0 Å². The van der Waals surface area contributed by atoms with Crippen LogP contribution < -0.4 is 0 Å². The lowest BCUT2D eigenvalue weighted by Crippen LogP contribution is -2.07. The van der Waals surface area contributed by atoms with E-state index in [0.717, 1.165) is 16.8 Å². The SMILES string of the molecule is Fc1ccc(-n2nc(C(F)(F)F)cc2-c2ccco2)cc1Cl. The molecule has 2 aromatic heterocycles. The molecular weight excluding hydrogens is 324 g/mol. The van der Waals surface area contributed by atoms with Crippen molar-refractivity contribution in [3.05, 3.63) is 59.2 Å². The minimum atomic E-state index is -4.61. The highest BCUT2D eigenvalue weighted by molar-refractivity contribution is 6.30. The molecule has 0 spiro atoms. The number of hydrogen-bond acceptors (Lipinski definition) is 2. The van der Waals surface area contributed by atoms with Crippen LogP contribution in [0.3, 0.4) is 0 Å². The van der Waals surface area contributed by atoms with Gasteiger partial charge in [-0.2, -0.15) is 18.3 Å². The first-order valence-corrected chi connectivity index (χ1v) is 6.40. The fourth-order valence-corrected chi connectivity index (χ4v) is 2.11. The van der Waals surface area contributed by atoms with E-state index in [1.54, 1.807) is 0 Å². The van der Waals surface area contributed by atoms with Gasteiger partial charge in [-0.15, -0.1) is 0 Å². The van der Waals surface area contributed by atoms with Gasteiger partial charge in [0.1, 0.15) is 11.5 Å². The van der Waals surface area contributed by atoms with Crippen LogP contribution in [0.2, 0.25) is 5.02 Å². The van der Waals surface area contributed by atoms with Gasteiger partial charge in [0.25, 0.3) is 0 Å². The Morgan fingerprint density at radius 1 is 1.14 bits per heavy atom. The van der Waals surface area contributed by atoms with Gasteiger partial charge in [-0.1, -0.05) is 11.6 Å². The van der Waals surface area contributed by atoms with Crippen LogP contribution in [0.25, 0.3) is 17.1 Å². The van der Waals surface area contributed by atoms with Crippen molar-refractivity contribution in [1.29, 1.82) is 0 Å². The van der Waals surface area contributed by atoms with Crippen molar-refractivity contribution < 1.29 is 22.0 Å². The minimum absolute atomic E-state index is 0.0833. The topological polar surface area (TPSA) is 31.0 Å². The van der Waals surface area contributed by atoms with Gasteiger partial charge in [0, 0.05) is 6.07 Å². The molecule has 0 radical (unpaired) electrons. The van der Waals surface area contributed by atoms with E-state index < -0.39 is 17.7 Å². The van der Waals surface area contributed by atoms with Crippen LogP contribution in [0.5, 0.6) is 0 Å². The van der Waals surface area contributed by atoms with E-state index in [2.05, 4.69) is 5.10 Å². The molecule has 114 valence electrons. The lowest BCUT2D eigenvalue weighted by Gasteiger charge is -2.06. The van der Waals surface area contributed by atoms with Gasteiger partial charge in [-0.25, -0.2) is 9.07 Å². The normalized spacial score (nSPS) is 11.9. The Hall–Kier alpha value is -2.28. The van der Waals surface area contributed by atoms with Crippen molar-refractivity contribution in [2.24, 2.45) is 0 Å². The second kappa shape index (κ2) is 5.17. The highest BCUT2D eigenvalue weighted by Crippen LogP contribution is 2.33. The van der Waals surface area contributed by atoms with E-state index in [0.29, 0.717) is 0 Å². The molecule has 0 saturated heterocycles. The first-order chi connectivity index (χ1) is 10.4. The average Bonchev–Trinajstić information content (AvgIpc) is 3.08. The fraction of sp³-hybridized carbons (Fsp3) is 0.0714. The molecule has 0 atom stereocenters. The van der Waals surface area contributed by atoms with Crippen LogP contribution in [0.15, 0.2) is 47.1 Å². The van der Waals surface area contributed by atoms with Crippen molar-refractivity contribution in [3.8, 4) is 17.1 Å². The van der Waals surface area contributed by atoms with E-state index >= 15 is 0 Å². The minimum Gasteiger partial charge on any atom is -0.463 e. The van der Waals surface area contributed by atoms with Gasteiger partial charge >= 0.3 is 6.18 Å². The van der Waals surface area contributed by atoms with Crippen molar-refractivity contribution in [2.45, 2.75) is 6.18 Å². The zero-order valence-electron chi connectivity index (χ0n) is 10.7. The lowest BCUT2D eigenvalue weighted by molar-refractivity contribution is -0.141. The summed E-state index contributed by atoms with van der Waals surface area (Å²) >= 11 is 5.68. The maximum Gasteiger partial charge on any atom is 0.435 e. The quantitative estimate of drug-likeness (QED) is 0.623. The fourth-order valence-electron chi connectivity index (χ4n) is 1.93. The Morgan fingerprint density at radius 2 is 1.91 bits per heavy atom. The number of furan rings is 1. The van der Waals surface area contributed by atoms with Crippen LogP contribution in [-0.2, 0) is 6.18 Å². The average molecular weight is 331 g/mol. The second-order valence-electron chi connectivity index (χ2n) is 4.40. The molecule has 2 heterocycles. The van der Waals surface area contributed by atoms with Gasteiger partial charge in [0.05, 0.1) is 17.0 Å². The summed E-state index contributed by atoms with van der Waals surface area (Å²) in [4.78, 5) is 0. The van der Waals surface area contributed by atoms with E-state index in [9.17, 15) is 17.6 Å². The zero-order chi connectivity index (χ0) is 15.9. The summed E-state index contributed by atoms with van der Waals surface area (Å²) in [5.74, 6) is -0.475. The molecule has 0 N–H and O–H groups in total. The van der Waals surface area contributed by atoms with E-state index in [1.807, 2.05) is 0 Å². The molecule has 0 aliphatic rings. The number of nitrogens with zero attached hydrogens (tertiary/aromatic N) is 2. The largest absolute Gasteiger partial charge is 0.463 e. The smallest absolute Gasteiger partial charge is 0.435 e. The molecule has 3 aromatic rings. The molecule has 3 nitrogen and oxygen atoms in total. The van der Waals surface area contributed by atoms with E-state index in [1.165, 1.54) is 30.5 Å². The van der Waals surface area contributed by atoms with Gasteiger partial charge in [-0.3, -0.25) is 0 Å². The van der Waals surface area contributed by atoms with Gasteiger partial charge in [0.2, 0.25) is 0 Å². The summed E-state index contributed by atoms with van der Waals surface area (Å²) in [6.45, 7) is 0. The summed E-state index contributed by atoms with van der Waals surface area (Å²) in [6.07, 6.45) is -3.28. The monoisotopic (exact) mass is 330 g/mol. The molecule has 0 aliphatic heterocycles. The van der Waals surface area contributed by atoms with Gasteiger partial charge in [0.15, 0.2) is 11.5 Å². The summed E-state index contributed by atoms with van der Waals surface area (Å²) in [7, 11) is 0.